The lowest BCUT2D eigenvalue weighted by atomic mass is 10.1. The number of thiazole rings is 1. The molecule has 2 aromatic carbocycles. The molecule has 0 unspecified atom stereocenters. The molecule has 5 heteroatoms. The Morgan fingerprint density at radius 2 is 2.09 bits per heavy atom. The number of phenols is 1. The number of aryl methyl sites for hydroxylation is 1. The highest BCUT2D eigenvalue weighted by Gasteiger charge is 2.03. The number of hydrogen-bond donors (Lipinski definition) is 1. The molecule has 1 N–H and O–H groups in total. The van der Waals surface area contributed by atoms with Crippen LogP contribution in [0.5, 0.6) is 5.75 Å². The summed E-state index contributed by atoms with van der Waals surface area (Å²) in [5.74, 6) is 0.152. The molecule has 0 saturated carbocycles. The second-order valence-electron chi connectivity index (χ2n) is 4.76. The Hall–Kier alpha value is -2.17. The number of benzene rings is 2. The predicted molar refractivity (Wildman–Crippen MR) is 92.7 cm³/mol. The van der Waals surface area contributed by atoms with E-state index in [1.165, 1.54) is 0 Å². The lowest BCUT2D eigenvalue weighted by Crippen LogP contribution is -1.82. The third-order valence-corrected chi connectivity index (χ3v) is 4.11. The normalized spacial score (nSPS) is 11.2. The van der Waals surface area contributed by atoms with Crippen LogP contribution in [-0.2, 0) is 0 Å². The van der Waals surface area contributed by atoms with E-state index in [9.17, 15) is 5.11 Å². The maximum atomic E-state index is 9.79. The molecule has 0 saturated heterocycles. The van der Waals surface area contributed by atoms with Gasteiger partial charge in [0.25, 0.3) is 0 Å². The molecule has 1 aromatic heterocycles. The number of rotatable bonds is 3. The van der Waals surface area contributed by atoms with Crippen LogP contribution in [0.25, 0.3) is 11.3 Å². The molecule has 0 spiro atoms. The number of aliphatic imine (C=N–C) groups is 1. The molecule has 0 atom stereocenters. The van der Waals surface area contributed by atoms with Crippen LogP contribution in [0.2, 0.25) is 5.02 Å². The number of nitrogens with zero attached hydrogens (tertiary/aromatic N) is 2. The number of hydrogen-bond acceptors (Lipinski definition) is 4. The molecule has 3 aromatic rings. The number of phenolic OH excluding ortho intramolecular Hbond substituents is 1. The topological polar surface area (TPSA) is 45.5 Å². The zero-order valence-electron chi connectivity index (χ0n) is 11.8. The van der Waals surface area contributed by atoms with Crippen molar-refractivity contribution in [3.63, 3.8) is 0 Å². The van der Waals surface area contributed by atoms with Gasteiger partial charge in [0, 0.05) is 27.7 Å². The first-order valence-electron chi connectivity index (χ1n) is 6.67. The van der Waals surface area contributed by atoms with Gasteiger partial charge < -0.3 is 5.11 Å². The van der Waals surface area contributed by atoms with Crippen molar-refractivity contribution in [2.45, 2.75) is 6.92 Å². The summed E-state index contributed by atoms with van der Waals surface area (Å²) in [6.45, 7) is 1.98. The first-order chi connectivity index (χ1) is 10.6. The van der Waals surface area contributed by atoms with E-state index >= 15 is 0 Å². The van der Waals surface area contributed by atoms with Crippen molar-refractivity contribution in [3.05, 3.63) is 63.4 Å². The van der Waals surface area contributed by atoms with Gasteiger partial charge in [-0.2, -0.15) is 0 Å². The van der Waals surface area contributed by atoms with Crippen LogP contribution < -0.4 is 0 Å². The summed E-state index contributed by atoms with van der Waals surface area (Å²) in [6, 6.07) is 12.7. The van der Waals surface area contributed by atoms with Gasteiger partial charge >= 0.3 is 0 Å². The zero-order chi connectivity index (χ0) is 15.5. The maximum absolute atomic E-state index is 9.79. The van der Waals surface area contributed by atoms with Gasteiger partial charge in [-0.05, 0) is 37.3 Å². The molecular weight excluding hydrogens is 316 g/mol. The Kier molecular flexibility index (Phi) is 4.22. The number of aromatic hydroxyl groups is 1. The summed E-state index contributed by atoms with van der Waals surface area (Å²) >= 11 is 7.55. The minimum Gasteiger partial charge on any atom is -0.507 e. The lowest BCUT2D eigenvalue weighted by molar-refractivity contribution is 0.474. The van der Waals surface area contributed by atoms with Crippen molar-refractivity contribution in [2.75, 3.05) is 0 Å². The second-order valence-corrected chi connectivity index (χ2v) is 6.26. The Balaban J connectivity index is 1.89. The molecule has 0 radical (unpaired) electrons. The SMILES string of the molecule is Cc1nc(-c2cccc(N=Cc3cc(Cl)ccc3O)c2)cs1. The molecule has 0 bridgehead atoms. The Morgan fingerprint density at radius 1 is 1.23 bits per heavy atom. The number of halogens is 1. The number of aromatic nitrogens is 1. The molecule has 3 nitrogen and oxygen atoms in total. The Labute approximate surface area is 137 Å². The summed E-state index contributed by atoms with van der Waals surface area (Å²) < 4.78 is 0. The van der Waals surface area contributed by atoms with E-state index in [2.05, 4.69) is 9.98 Å². The van der Waals surface area contributed by atoms with Gasteiger partial charge in [-0.25, -0.2) is 4.98 Å². The van der Waals surface area contributed by atoms with Crippen LogP contribution >= 0.6 is 22.9 Å². The van der Waals surface area contributed by atoms with Gasteiger partial charge in [0.2, 0.25) is 0 Å². The van der Waals surface area contributed by atoms with Crippen LogP contribution in [0.1, 0.15) is 10.6 Å². The minimum atomic E-state index is 0.152. The van der Waals surface area contributed by atoms with Gasteiger partial charge in [-0.3, -0.25) is 4.99 Å². The summed E-state index contributed by atoms with van der Waals surface area (Å²) in [5, 5.41) is 13.4. The molecule has 0 fully saturated rings. The highest BCUT2D eigenvalue weighted by atomic mass is 35.5. The summed E-state index contributed by atoms with van der Waals surface area (Å²) in [5.41, 5.74) is 3.35. The van der Waals surface area contributed by atoms with E-state index in [1.54, 1.807) is 35.8 Å². The van der Waals surface area contributed by atoms with E-state index in [1.807, 2.05) is 36.6 Å². The highest BCUT2D eigenvalue weighted by Crippen LogP contribution is 2.26. The third-order valence-electron chi connectivity index (χ3n) is 3.10. The molecule has 110 valence electrons. The first kappa shape index (κ1) is 14.8. The fourth-order valence-electron chi connectivity index (χ4n) is 2.01. The second kappa shape index (κ2) is 6.30. The van der Waals surface area contributed by atoms with E-state index in [0.717, 1.165) is 22.0 Å². The first-order valence-corrected chi connectivity index (χ1v) is 7.93. The van der Waals surface area contributed by atoms with Crippen molar-refractivity contribution in [1.82, 2.24) is 4.98 Å². The van der Waals surface area contributed by atoms with Crippen molar-refractivity contribution in [3.8, 4) is 17.0 Å². The quantitative estimate of drug-likeness (QED) is 0.669. The fraction of sp³-hybridized carbons (Fsp3) is 0.0588. The summed E-state index contributed by atoms with van der Waals surface area (Å²) in [4.78, 5) is 8.88. The average molecular weight is 329 g/mol. The smallest absolute Gasteiger partial charge is 0.124 e. The van der Waals surface area contributed by atoms with Crippen LogP contribution in [-0.4, -0.2) is 16.3 Å². The van der Waals surface area contributed by atoms with Crippen LogP contribution in [0.3, 0.4) is 0 Å². The minimum absolute atomic E-state index is 0.152. The van der Waals surface area contributed by atoms with Crippen molar-refractivity contribution < 1.29 is 5.11 Å². The summed E-state index contributed by atoms with van der Waals surface area (Å²) in [7, 11) is 0. The van der Waals surface area contributed by atoms with Gasteiger partial charge in [-0.1, -0.05) is 23.7 Å². The van der Waals surface area contributed by atoms with Crippen molar-refractivity contribution >= 4 is 34.8 Å². The van der Waals surface area contributed by atoms with Crippen LogP contribution in [0.15, 0.2) is 52.8 Å². The molecule has 0 aliphatic heterocycles. The van der Waals surface area contributed by atoms with E-state index in [0.29, 0.717) is 10.6 Å². The monoisotopic (exact) mass is 328 g/mol. The van der Waals surface area contributed by atoms with Crippen LogP contribution in [0, 0.1) is 6.92 Å². The van der Waals surface area contributed by atoms with Gasteiger partial charge in [0.1, 0.15) is 5.75 Å². The summed E-state index contributed by atoms with van der Waals surface area (Å²) in [6.07, 6.45) is 1.60. The fourth-order valence-corrected chi connectivity index (χ4v) is 2.82. The van der Waals surface area contributed by atoms with Gasteiger partial charge in [0.05, 0.1) is 16.4 Å². The molecule has 22 heavy (non-hydrogen) atoms. The molecule has 0 aliphatic rings. The van der Waals surface area contributed by atoms with Crippen molar-refractivity contribution in [1.29, 1.82) is 0 Å². The Morgan fingerprint density at radius 3 is 2.86 bits per heavy atom. The Bertz CT molecular complexity index is 842. The van der Waals surface area contributed by atoms with Crippen LogP contribution in [0.4, 0.5) is 5.69 Å². The predicted octanol–water partition coefficient (Wildman–Crippen LogP) is 5.23. The largest absolute Gasteiger partial charge is 0.507 e. The van der Waals surface area contributed by atoms with E-state index in [4.69, 9.17) is 11.6 Å². The van der Waals surface area contributed by atoms with E-state index < -0.39 is 0 Å². The van der Waals surface area contributed by atoms with Gasteiger partial charge in [0.15, 0.2) is 0 Å². The molecular formula is C17H13ClN2OS. The lowest BCUT2D eigenvalue weighted by Gasteiger charge is -2.01. The van der Waals surface area contributed by atoms with Crippen molar-refractivity contribution in [2.24, 2.45) is 4.99 Å². The zero-order valence-corrected chi connectivity index (χ0v) is 13.4. The highest BCUT2D eigenvalue weighted by molar-refractivity contribution is 7.09. The third kappa shape index (κ3) is 3.35. The molecule has 3 rings (SSSR count). The molecule has 0 aliphatic carbocycles. The molecule has 0 amide bonds. The standard InChI is InChI=1S/C17H13ClN2OS/c1-11-20-16(10-22-11)12-3-2-4-15(8-12)19-9-13-7-14(18)5-6-17(13)21/h2-10,21H,1H3. The van der Waals surface area contributed by atoms with Gasteiger partial charge in [-0.15, -0.1) is 11.3 Å². The average Bonchev–Trinajstić information content (AvgIpc) is 2.95. The van der Waals surface area contributed by atoms with E-state index in [-0.39, 0.29) is 5.75 Å². The molecule has 1 heterocycles. The maximum Gasteiger partial charge on any atom is 0.124 e.